The van der Waals surface area contributed by atoms with Crippen LogP contribution in [-0.4, -0.2) is 13.1 Å². The molecule has 0 fully saturated rings. The molecule has 0 spiro atoms. The third-order valence-corrected chi connectivity index (χ3v) is 3.57. The van der Waals surface area contributed by atoms with E-state index in [1.165, 1.54) is 35.9 Å². The highest BCUT2D eigenvalue weighted by Gasteiger charge is 2.12. The van der Waals surface area contributed by atoms with Crippen LogP contribution in [0.1, 0.15) is 27.0 Å². The fourth-order valence-corrected chi connectivity index (χ4v) is 2.10. The predicted octanol–water partition coefficient (Wildman–Crippen LogP) is 3.84. The number of hydrogen-bond donors (Lipinski definition) is 1. The minimum Gasteiger partial charge on any atom is -0.465 e. The first-order valence-electron chi connectivity index (χ1n) is 6.69. The first-order chi connectivity index (χ1) is 10.0. The van der Waals surface area contributed by atoms with E-state index < -0.39 is 11.8 Å². The third-order valence-electron chi connectivity index (χ3n) is 3.57. The monoisotopic (exact) mass is 287 g/mol. The Kier molecular flexibility index (Phi) is 4.58. The Morgan fingerprint density at radius 1 is 1.24 bits per heavy atom. The average molecular weight is 287 g/mol. The molecule has 0 unspecified atom stereocenters. The maximum Gasteiger partial charge on any atom is 0.340 e. The van der Waals surface area contributed by atoms with Crippen LogP contribution in [0.2, 0.25) is 0 Å². The lowest BCUT2D eigenvalue weighted by atomic mass is 10.0. The van der Waals surface area contributed by atoms with E-state index in [-0.39, 0.29) is 5.56 Å². The van der Waals surface area contributed by atoms with E-state index in [9.17, 15) is 9.18 Å². The largest absolute Gasteiger partial charge is 0.465 e. The van der Waals surface area contributed by atoms with E-state index in [0.717, 1.165) is 0 Å². The molecule has 4 heteroatoms. The van der Waals surface area contributed by atoms with Gasteiger partial charge >= 0.3 is 5.97 Å². The highest BCUT2D eigenvalue weighted by Crippen LogP contribution is 2.18. The van der Waals surface area contributed by atoms with Crippen LogP contribution >= 0.6 is 0 Å². The molecule has 0 bridgehead atoms. The summed E-state index contributed by atoms with van der Waals surface area (Å²) in [5, 5.41) is 3.20. The van der Waals surface area contributed by atoms with E-state index in [2.05, 4.69) is 30.0 Å². The summed E-state index contributed by atoms with van der Waals surface area (Å²) in [5.74, 6) is -1.26. The molecule has 0 saturated carbocycles. The molecule has 0 aliphatic rings. The van der Waals surface area contributed by atoms with E-state index in [1.54, 1.807) is 6.07 Å². The number of anilines is 1. The summed E-state index contributed by atoms with van der Waals surface area (Å²) in [7, 11) is 1.23. The molecular weight excluding hydrogens is 269 g/mol. The normalized spacial score (nSPS) is 10.3. The van der Waals surface area contributed by atoms with E-state index in [4.69, 9.17) is 0 Å². The Labute approximate surface area is 123 Å². The standard InChI is InChI=1S/C17H18FNO2/c1-11-5-4-6-13(12(11)2)10-19-14-7-8-16(18)15(9-14)17(20)21-3/h4-9,19H,10H2,1-3H3. The van der Waals surface area contributed by atoms with Crippen molar-refractivity contribution in [3.05, 3.63) is 64.5 Å². The van der Waals surface area contributed by atoms with Crippen molar-refractivity contribution in [2.75, 3.05) is 12.4 Å². The van der Waals surface area contributed by atoms with Gasteiger partial charge in [-0.1, -0.05) is 18.2 Å². The van der Waals surface area contributed by atoms with Crippen LogP contribution in [0.3, 0.4) is 0 Å². The molecule has 0 radical (unpaired) electrons. The number of carbonyl (C=O) groups excluding carboxylic acids is 1. The van der Waals surface area contributed by atoms with Crippen molar-refractivity contribution in [3.63, 3.8) is 0 Å². The maximum absolute atomic E-state index is 13.6. The SMILES string of the molecule is COC(=O)c1cc(NCc2cccc(C)c2C)ccc1F. The zero-order valence-electron chi connectivity index (χ0n) is 12.4. The number of esters is 1. The highest BCUT2D eigenvalue weighted by molar-refractivity contribution is 5.90. The second-order valence-electron chi connectivity index (χ2n) is 4.90. The summed E-state index contributed by atoms with van der Waals surface area (Å²) < 4.78 is 18.1. The van der Waals surface area contributed by atoms with E-state index in [0.29, 0.717) is 12.2 Å². The number of benzene rings is 2. The highest BCUT2D eigenvalue weighted by atomic mass is 19.1. The van der Waals surface area contributed by atoms with Crippen LogP contribution < -0.4 is 5.32 Å². The van der Waals surface area contributed by atoms with Gasteiger partial charge < -0.3 is 10.1 Å². The van der Waals surface area contributed by atoms with Crippen LogP contribution in [0.15, 0.2) is 36.4 Å². The molecule has 0 atom stereocenters. The fraction of sp³-hybridized carbons (Fsp3) is 0.235. The molecule has 110 valence electrons. The molecule has 1 N–H and O–H groups in total. The van der Waals surface area contributed by atoms with Crippen molar-refractivity contribution >= 4 is 11.7 Å². The van der Waals surface area contributed by atoms with Crippen LogP contribution in [0.4, 0.5) is 10.1 Å². The average Bonchev–Trinajstić information content (AvgIpc) is 2.49. The van der Waals surface area contributed by atoms with Gasteiger partial charge in [0.2, 0.25) is 0 Å². The summed E-state index contributed by atoms with van der Waals surface area (Å²) in [4.78, 5) is 11.5. The van der Waals surface area contributed by atoms with Crippen LogP contribution in [0, 0.1) is 19.7 Å². The van der Waals surface area contributed by atoms with E-state index in [1.807, 2.05) is 12.1 Å². The molecule has 2 aromatic rings. The van der Waals surface area contributed by atoms with Gasteiger partial charge in [0.15, 0.2) is 0 Å². The van der Waals surface area contributed by atoms with Gasteiger partial charge in [-0.15, -0.1) is 0 Å². The lowest BCUT2D eigenvalue weighted by molar-refractivity contribution is 0.0595. The summed E-state index contributed by atoms with van der Waals surface area (Å²) in [6.45, 7) is 4.74. The number of ether oxygens (including phenoxy) is 1. The maximum atomic E-state index is 13.6. The van der Waals surface area contributed by atoms with Gasteiger partial charge in [0.25, 0.3) is 0 Å². The molecule has 0 saturated heterocycles. The summed E-state index contributed by atoms with van der Waals surface area (Å²) >= 11 is 0. The van der Waals surface area contributed by atoms with Gasteiger partial charge in [0.05, 0.1) is 12.7 Å². The topological polar surface area (TPSA) is 38.3 Å². The van der Waals surface area contributed by atoms with Crippen molar-refractivity contribution in [2.45, 2.75) is 20.4 Å². The molecule has 0 amide bonds. The molecule has 3 nitrogen and oxygen atoms in total. The van der Waals surface area contributed by atoms with Crippen molar-refractivity contribution in [1.82, 2.24) is 0 Å². The van der Waals surface area contributed by atoms with Gasteiger partial charge in [-0.3, -0.25) is 0 Å². The summed E-state index contributed by atoms with van der Waals surface area (Å²) in [5.41, 5.74) is 4.23. The number of methoxy groups -OCH3 is 1. The second-order valence-corrected chi connectivity index (χ2v) is 4.90. The van der Waals surface area contributed by atoms with Gasteiger partial charge in [-0.05, 0) is 48.7 Å². The molecule has 0 aliphatic heterocycles. The van der Waals surface area contributed by atoms with Crippen molar-refractivity contribution in [3.8, 4) is 0 Å². The molecule has 0 heterocycles. The van der Waals surface area contributed by atoms with Gasteiger partial charge in [-0.25, -0.2) is 9.18 Å². The second kappa shape index (κ2) is 6.39. The Morgan fingerprint density at radius 3 is 2.71 bits per heavy atom. The Morgan fingerprint density at radius 2 is 2.00 bits per heavy atom. The minimum absolute atomic E-state index is 0.0662. The minimum atomic E-state index is -0.678. The Balaban J connectivity index is 2.17. The number of nitrogens with one attached hydrogen (secondary N) is 1. The molecule has 21 heavy (non-hydrogen) atoms. The first kappa shape index (κ1) is 15.0. The number of rotatable bonds is 4. The quantitative estimate of drug-likeness (QED) is 0.868. The lowest BCUT2D eigenvalue weighted by Gasteiger charge is -2.12. The van der Waals surface area contributed by atoms with Crippen LogP contribution in [0.25, 0.3) is 0 Å². The van der Waals surface area contributed by atoms with Crippen LogP contribution in [0.5, 0.6) is 0 Å². The zero-order valence-corrected chi connectivity index (χ0v) is 12.4. The van der Waals surface area contributed by atoms with Crippen molar-refractivity contribution in [2.24, 2.45) is 0 Å². The number of aryl methyl sites for hydroxylation is 1. The Hall–Kier alpha value is -2.36. The fourth-order valence-electron chi connectivity index (χ4n) is 2.10. The molecule has 2 rings (SSSR count). The number of carbonyl (C=O) groups is 1. The summed E-state index contributed by atoms with van der Waals surface area (Å²) in [6.07, 6.45) is 0. The van der Waals surface area contributed by atoms with Gasteiger partial charge in [0, 0.05) is 12.2 Å². The number of halogens is 1. The number of hydrogen-bond acceptors (Lipinski definition) is 3. The zero-order chi connectivity index (χ0) is 15.4. The molecule has 0 aromatic heterocycles. The van der Waals surface area contributed by atoms with Gasteiger partial charge in [0.1, 0.15) is 5.82 Å². The van der Waals surface area contributed by atoms with Crippen molar-refractivity contribution < 1.29 is 13.9 Å². The van der Waals surface area contributed by atoms with Gasteiger partial charge in [-0.2, -0.15) is 0 Å². The van der Waals surface area contributed by atoms with E-state index >= 15 is 0 Å². The lowest BCUT2D eigenvalue weighted by Crippen LogP contribution is -2.07. The molecular formula is C17H18FNO2. The van der Waals surface area contributed by atoms with Crippen molar-refractivity contribution in [1.29, 1.82) is 0 Å². The third kappa shape index (κ3) is 3.40. The first-order valence-corrected chi connectivity index (χ1v) is 6.69. The predicted molar refractivity (Wildman–Crippen MR) is 81.0 cm³/mol. The Bertz CT molecular complexity index is 668. The summed E-state index contributed by atoms with van der Waals surface area (Å²) in [6, 6.07) is 10.4. The molecule has 2 aromatic carbocycles. The smallest absolute Gasteiger partial charge is 0.340 e. The van der Waals surface area contributed by atoms with Crippen LogP contribution in [-0.2, 0) is 11.3 Å². The molecule has 0 aliphatic carbocycles.